The molecule has 1 fully saturated rings. The van der Waals surface area contributed by atoms with Crippen molar-refractivity contribution >= 4 is 10.0 Å². The molecular weight excluding hydrogens is 260 g/mol. The molecule has 0 heterocycles. The highest BCUT2D eigenvalue weighted by Gasteiger charge is 2.28. The highest BCUT2D eigenvalue weighted by atomic mass is 32.2. The van der Waals surface area contributed by atoms with Gasteiger partial charge in [-0.15, -0.1) is 0 Å². The summed E-state index contributed by atoms with van der Waals surface area (Å²) in [7, 11) is 0.380. The molecular formula is C14H22N2O2S. The first-order chi connectivity index (χ1) is 9.01. The molecule has 0 radical (unpaired) electrons. The molecule has 0 aliphatic heterocycles. The van der Waals surface area contributed by atoms with Crippen LogP contribution in [0, 0.1) is 5.92 Å². The average molecular weight is 282 g/mol. The van der Waals surface area contributed by atoms with E-state index in [4.69, 9.17) is 0 Å². The van der Waals surface area contributed by atoms with Gasteiger partial charge in [0.2, 0.25) is 10.0 Å². The summed E-state index contributed by atoms with van der Waals surface area (Å²) in [6.07, 6.45) is 2.33. The van der Waals surface area contributed by atoms with Crippen molar-refractivity contribution in [1.82, 2.24) is 9.62 Å². The maximum absolute atomic E-state index is 12.2. The Balaban J connectivity index is 2.03. The Kier molecular flexibility index (Phi) is 4.60. The van der Waals surface area contributed by atoms with E-state index in [9.17, 15) is 8.42 Å². The van der Waals surface area contributed by atoms with Crippen molar-refractivity contribution in [3.8, 4) is 0 Å². The summed E-state index contributed by atoms with van der Waals surface area (Å²) in [6.45, 7) is 1.42. The van der Waals surface area contributed by atoms with Gasteiger partial charge < -0.3 is 5.32 Å². The van der Waals surface area contributed by atoms with Gasteiger partial charge in [0.25, 0.3) is 0 Å². The molecule has 0 atom stereocenters. The van der Waals surface area contributed by atoms with Gasteiger partial charge in [-0.05, 0) is 36.9 Å². The zero-order chi connectivity index (χ0) is 13.9. The van der Waals surface area contributed by atoms with Gasteiger partial charge in [0.05, 0.1) is 5.75 Å². The molecule has 2 rings (SSSR count). The van der Waals surface area contributed by atoms with Gasteiger partial charge >= 0.3 is 0 Å². The molecule has 1 N–H and O–H groups in total. The first-order valence-electron chi connectivity index (χ1n) is 6.67. The highest BCUT2D eigenvalue weighted by molar-refractivity contribution is 7.88. The maximum Gasteiger partial charge on any atom is 0.218 e. The molecule has 0 spiro atoms. The van der Waals surface area contributed by atoms with E-state index >= 15 is 0 Å². The maximum atomic E-state index is 12.2. The summed E-state index contributed by atoms with van der Waals surface area (Å²) in [4.78, 5) is 0. The van der Waals surface area contributed by atoms with Crippen molar-refractivity contribution in [3.63, 3.8) is 0 Å². The Morgan fingerprint density at radius 3 is 2.63 bits per heavy atom. The zero-order valence-electron chi connectivity index (χ0n) is 11.6. The lowest BCUT2D eigenvalue weighted by molar-refractivity contribution is 0.452. The van der Waals surface area contributed by atoms with Crippen LogP contribution in [0.15, 0.2) is 24.3 Å². The molecule has 106 valence electrons. The zero-order valence-corrected chi connectivity index (χ0v) is 12.4. The van der Waals surface area contributed by atoms with Gasteiger partial charge in [-0.3, -0.25) is 0 Å². The Labute approximate surface area is 115 Å². The largest absolute Gasteiger partial charge is 0.316 e. The normalized spacial score (nSPS) is 15.9. The molecule has 0 saturated heterocycles. The molecule has 1 aromatic carbocycles. The van der Waals surface area contributed by atoms with Crippen LogP contribution >= 0.6 is 0 Å². The Morgan fingerprint density at radius 1 is 1.32 bits per heavy atom. The summed E-state index contributed by atoms with van der Waals surface area (Å²) < 4.78 is 26.0. The number of hydrogen-bond donors (Lipinski definition) is 1. The molecule has 1 aliphatic carbocycles. The Hall–Kier alpha value is -0.910. The van der Waals surface area contributed by atoms with E-state index in [-0.39, 0.29) is 5.75 Å². The number of hydrogen-bond acceptors (Lipinski definition) is 3. The topological polar surface area (TPSA) is 49.4 Å². The smallest absolute Gasteiger partial charge is 0.218 e. The van der Waals surface area contributed by atoms with E-state index in [0.717, 1.165) is 30.5 Å². The van der Waals surface area contributed by atoms with E-state index < -0.39 is 10.0 Å². The van der Waals surface area contributed by atoms with E-state index in [1.54, 1.807) is 7.05 Å². The minimum atomic E-state index is -3.19. The van der Waals surface area contributed by atoms with Crippen LogP contribution in [0.2, 0.25) is 0 Å². The summed E-state index contributed by atoms with van der Waals surface area (Å²) in [5.74, 6) is 0.670. The van der Waals surface area contributed by atoms with Crippen LogP contribution in [-0.2, 0) is 22.3 Å². The fourth-order valence-electron chi connectivity index (χ4n) is 2.13. The summed E-state index contributed by atoms with van der Waals surface area (Å²) in [5, 5.41) is 3.07. The predicted molar refractivity (Wildman–Crippen MR) is 77.2 cm³/mol. The lowest BCUT2D eigenvalue weighted by Crippen LogP contribution is -2.30. The first-order valence-corrected chi connectivity index (χ1v) is 8.28. The molecule has 1 aliphatic rings. The van der Waals surface area contributed by atoms with Crippen molar-refractivity contribution in [2.45, 2.75) is 25.1 Å². The molecule has 5 heteroatoms. The van der Waals surface area contributed by atoms with Crippen LogP contribution in [-0.4, -0.2) is 33.4 Å². The summed E-state index contributed by atoms with van der Waals surface area (Å²) in [5.41, 5.74) is 1.97. The van der Waals surface area contributed by atoms with Crippen molar-refractivity contribution in [2.24, 2.45) is 5.92 Å². The lowest BCUT2D eigenvalue weighted by atomic mass is 10.1. The second kappa shape index (κ2) is 6.03. The molecule has 4 nitrogen and oxygen atoms in total. The van der Waals surface area contributed by atoms with E-state index in [1.165, 1.54) is 4.31 Å². The lowest BCUT2D eigenvalue weighted by Gasteiger charge is -2.17. The van der Waals surface area contributed by atoms with Gasteiger partial charge in [0, 0.05) is 20.1 Å². The predicted octanol–water partition coefficient (Wildman–Crippen LogP) is 1.58. The Bertz CT molecular complexity index is 524. The van der Waals surface area contributed by atoms with E-state index in [0.29, 0.717) is 12.5 Å². The second-order valence-corrected chi connectivity index (χ2v) is 7.41. The SMILES string of the molecule is CNCc1cccc(CS(=O)(=O)N(C)CC2CC2)c1. The third kappa shape index (κ3) is 4.30. The van der Waals surface area contributed by atoms with Gasteiger partial charge in [0.15, 0.2) is 0 Å². The first kappa shape index (κ1) is 14.5. The third-order valence-electron chi connectivity index (χ3n) is 3.41. The van der Waals surface area contributed by atoms with Crippen LogP contribution < -0.4 is 5.32 Å². The van der Waals surface area contributed by atoms with Gasteiger partial charge in [0.1, 0.15) is 0 Å². The van der Waals surface area contributed by atoms with Crippen molar-refractivity contribution < 1.29 is 8.42 Å². The van der Waals surface area contributed by atoms with Crippen molar-refractivity contribution in [2.75, 3.05) is 20.6 Å². The molecule has 19 heavy (non-hydrogen) atoms. The minimum Gasteiger partial charge on any atom is -0.316 e. The number of rotatable bonds is 7. The number of nitrogens with zero attached hydrogens (tertiary/aromatic N) is 1. The molecule has 0 bridgehead atoms. The number of sulfonamides is 1. The second-order valence-electron chi connectivity index (χ2n) is 5.33. The monoisotopic (exact) mass is 282 g/mol. The van der Waals surface area contributed by atoms with Crippen LogP contribution in [0.5, 0.6) is 0 Å². The summed E-state index contributed by atoms with van der Waals surface area (Å²) in [6, 6.07) is 7.75. The van der Waals surface area contributed by atoms with Crippen LogP contribution in [0.25, 0.3) is 0 Å². The molecule has 0 amide bonds. The fourth-order valence-corrected chi connectivity index (χ4v) is 3.39. The van der Waals surface area contributed by atoms with Crippen LogP contribution in [0.3, 0.4) is 0 Å². The van der Waals surface area contributed by atoms with Gasteiger partial charge in [-0.1, -0.05) is 24.3 Å². The summed E-state index contributed by atoms with van der Waals surface area (Å²) >= 11 is 0. The fraction of sp³-hybridized carbons (Fsp3) is 0.571. The van der Waals surface area contributed by atoms with Crippen molar-refractivity contribution in [1.29, 1.82) is 0 Å². The van der Waals surface area contributed by atoms with E-state index in [2.05, 4.69) is 5.32 Å². The standard InChI is InChI=1S/C14H22N2O2S/c1-15-9-13-4-3-5-14(8-13)11-19(17,18)16(2)10-12-6-7-12/h3-5,8,12,15H,6-7,9-11H2,1-2H3. The molecule has 1 aromatic rings. The quantitative estimate of drug-likeness (QED) is 0.826. The molecule has 0 unspecified atom stereocenters. The molecule has 1 saturated carbocycles. The number of nitrogens with one attached hydrogen (secondary N) is 1. The minimum absolute atomic E-state index is 0.0910. The van der Waals surface area contributed by atoms with Crippen LogP contribution in [0.1, 0.15) is 24.0 Å². The van der Waals surface area contributed by atoms with Gasteiger partial charge in [-0.2, -0.15) is 0 Å². The van der Waals surface area contributed by atoms with Crippen molar-refractivity contribution in [3.05, 3.63) is 35.4 Å². The van der Waals surface area contributed by atoms with Crippen LogP contribution in [0.4, 0.5) is 0 Å². The Morgan fingerprint density at radius 2 is 2.00 bits per heavy atom. The molecule has 0 aromatic heterocycles. The highest BCUT2D eigenvalue weighted by Crippen LogP contribution is 2.30. The number of benzene rings is 1. The van der Waals surface area contributed by atoms with Gasteiger partial charge in [-0.25, -0.2) is 12.7 Å². The average Bonchev–Trinajstić information content (AvgIpc) is 3.13. The van der Waals surface area contributed by atoms with E-state index in [1.807, 2.05) is 31.3 Å². The third-order valence-corrected chi connectivity index (χ3v) is 5.21.